The van der Waals surface area contributed by atoms with Crippen LogP contribution in [0.5, 0.6) is 5.75 Å². The molecular formula is C25H22N8O3. The van der Waals surface area contributed by atoms with Crippen LogP contribution in [-0.2, 0) is 4.79 Å². The minimum atomic E-state index is -0.639. The molecular weight excluding hydrogens is 460 g/mol. The predicted molar refractivity (Wildman–Crippen MR) is 130 cm³/mol. The molecule has 4 heterocycles. The number of nitrogens with zero attached hydrogens (tertiary/aromatic N) is 7. The molecule has 1 aliphatic rings. The Morgan fingerprint density at radius 3 is 2.56 bits per heavy atom. The third-order valence-electron chi connectivity index (χ3n) is 6.13. The second-order valence-electron chi connectivity index (χ2n) is 8.08. The third kappa shape index (κ3) is 4.05. The predicted octanol–water partition coefficient (Wildman–Crippen LogP) is 2.04. The number of carbonyl (C=O) groups is 2. The summed E-state index contributed by atoms with van der Waals surface area (Å²) >= 11 is 0. The van der Waals surface area contributed by atoms with E-state index in [1.165, 1.54) is 36.5 Å². The van der Waals surface area contributed by atoms with Gasteiger partial charge in [-0.3, -0.25) is 9.59 Å². The number of aromatic nitrogens is 5. The van der Waals surface area contributed by atoms with Crippen LogP contribution in [0, 0.1) is 11.3 Å². The van der Waals surface area contributed by atoms with Crippen molar-refractivity contribution in [2.75, 3.05) is 33.3 Å². The molecule has 0 spiro atoms. The lowest BCUT2D eigenvalue weighted by Crippen LogP contribution is -2.49. The van der Waals surface area contributed by atoms with Gasteiger partial charge in [0.05, 0.1) is 53.9 Å². The summed E-state index contributed by atoms with van der Waals surface area (Å²) < 4.78 is 6.90. The number of allylic oxidation sites excluding steroid dienone is 1. The quantitative estimate of drug-likeness (QED) is 0.251. The first-order valence-corrected chi connectivity index (χ1v) is 11.3. The van der Waals surface area contributed by atoms with Crippen LogP contribution < -0.4 is 4.74 Å². The first kappa shape index (κ1) is 22.8. The van der Waals surface area contributed by atoms with Crippen molar-refractivity contribution in [1.82, 2.24) is 34.8 Å². The molecule has 1 amide bonds. The van der Waals surface area contributed by atoms with Gasteiger partial charge in [0.15, 0.2) is 5.82 Å². The monoisotopic (exact) mass is 482 g/mol. The fourth-order valence-electron chi connectivity index (χ4n) is 4.37. The minimum Gasteiger partial charge on any atom is -0.494 e. The van der Waals surface area contributed by atoms with Crippen molar-refractivity contribution in [2.24, 2.45) is 0 Å². The highest BCUT2D eigenvalue weighted by Gasteiger charge is 2.30. The second-order valence-corrected chi connectivity index (χ2v) is 8.08. The Kier molecular flexibility index (Phi) is 6.15. The van der Waals surface area contributed by atoms with Crippen molar-refractivity contribution in [2.45, 2.75) is 0 Å². The Morgan fingerprint density at radius 2 is 1.89 bits per heavy atom. The van der Waals surface area contributed by atoms with E-state index in [1.54, 1.807) is 11.1 Å². The number of amides is 1. The molecule has 4 aromatic rings. The molecule has 0 saturated carbocycles. The van der Waals surface area contributed by atoms with Crippen molar-refractivity contribution in [3.63, 3.8) is 0 Å². The number of rotatable bonds is 6. The van der Waals surface area contributed by atoms with Gasteiger partial charge in [-0.2, -0.15) is 5.26 Å². The van der Waals surface area contributed by atoms with Crippen molar-refractivity contribution in [3.8, 4) is 17.6 Å². The van der Waals surface area contributed by atoms with E-state index >= 15 is 0 Å². The Balaban J connectivity index is 1.37. The van der Waals surface area contributed by atoms with E-state index < -0.39 is 11.7 Å². The highest BCUT2D eigenvalue weighted by atomic mass is 16.5. The summed E-state index contributed by atoms with van der Waals surface area (Å²) in [6.07, 6.45) is 7.64. The molecule has 11 heteroatoms. The molecule has 0 unspecified atom stereocenters. The SMILES string of the molecule is COc1cnc(-n2ccnn2)c2[nH]cc(C(=O)C(=O)N3CCN(/C(=C/C#N)c4ccccc4)CC3)c12. The van der Waals surface area contributed by atoms with Crippen LogP contribution in [0.1, 0.15) is 15.9 Å². The molecule has 180 valence electrons. The number of H-pyrrole nitrogens is 1. The topological polar surface area (TPSA) is 133 Å². The molecule has 11 nitrogen and oxygen atoms in total. The van der Waals surface area contributed by atoms with E-state index in [0.29, 0.717) is 48.6 Å². The van der Waals surface area contributed by atoms with Gasteiger partial charge in [0.1, 0.15) is 5.75 Å². The fraction of sp³-hybridized carbons (Fsp3) is 0.200. The van der Waals surface area contributed by atoms with E-state index in [9.17, 15) is 14.9 Å². The van der Waals surface area contributed by atoms with E-state index in [-0.39, 0.29) is 5.56 Å². The maximum atomic E-state index is 13.3. The standard InChI is InChI=1S/C25H22N8O3/c1-36-20-16-28-24(33-10-9-29-30-33)22-21(20)18(15-27-22)23(34)25(35)32-13-11-31(12-14-32)19(7-8-26)17-5-3-2-4-6-17/h2-7,9-10,15-16,27H,11-14H2,1H3/b19-7+. The minimum absolute atomic E-state index is 0.201. The first-order chi connectivity index (χ1) is 17.6. The normalized spacial score (nSPS) is 14.1. The average molecular weight is 483 g/mol. The van der Waals surface area contributed by atoms with Crippen LogP contribution in [0.25, 0.3) is 22.4 Å². The van der Waals surface area contributed by atoms with Crippen molar-refractivity contribution in [3.05, 3.63) is 72.3 Å². The summed E-state index contributed by atoms with van der Waals surface area (Å²) in [4.78, 5) is 37.5. The molecule has 1 aliphatic heterocycles. The zero-order chi connectivity index (χ0) is 25.1. The van der Waals surface area contributed by atoms with Crippen LogP contribution in [0.15, 0.2) is 61.2 Å². The highest BCUT2D eigenvalue weighted by molar-refractivity contribution is 6.45. The van der Waals surface area contributed by atoms with E-state index in [4.69, 9.17) is 4.74 Å². The van der Waals surface area contributed by atoms with Gasteiger partial charge in [-0.25, -0.2) is 9.67 Å². The van der Waals surface area contributed by atoms with E-state index in [0.717, 1.165) is 11.3 Å². The number of piperazine rings is 1. The number of ether oxygens (including phenoxy) is 1. The van der Waals surface area contributed by atoms with Crippen LogP contribution in [0.4, 0.5) is 0 Å². The number of nitriles is 1. The van der Waals surface area contributed by atoms with E-state index in [1.807, 2.05) is 30.3 Å². The summed E-state index contributed by atoms with van der Waals surface area (Å²) in [5, 5.41) is 17.5. The maximum absolute atomic E-state index is 13.3. The van der Waals surface area contributed by atoms with Crippen molar-refractivity contribution < 1.29 is 14.3 Å². The number of nitrogens with one attached hydrogen (secondary N) is 1. The summed E-state index contributed by atoms with van der Waals surface area (Å²) in [7, 11) is 1.48. The molecule has 1 saturated heterocycles. The number of hydrogen-bond donors (Lipinski definition) is 1. The van der Waals surface area contributed by atoms with Gasteiger partial charge in [-0.05, 0) is 5.56 Å². The number of Topliss-reactive ketones (excluding diaryl/α,β-unsaturated/α-hetero) is 1. The van der Waals surface area contributed by atoms with Crippen molar-refractivity contribution in [1.29, 1.82) is 5.26 Å². The first-order valence-electron chi connectivity index (χ1n) is 11.3. The van der Waals surface area contributed by atoms with Gasteiger partial charge in [-0.1, -0.05) is 35.5 Å². The molecule has 0 radical (unpaired) electrons. The molecule has 3 aromatic heterocycles. The van der Waals surface area contributed by atoms with Gasteiger partial charge >= 0.3 is 0 Å². The Bertz CT molecular complexity index is 1480. The van der Waals surface area contributed by atoms with Crippen LogP contribution in [-0.4, -0.2) is 79.7 Å². The van der Waals surface area contributed by atoms with E-state index in [2.05, 4.69) is 31.2 Å². The van der Waals surface area contributed by atoms with Gasteiger partial charge in [0, 0.05) is 38.5 Å². The number of ketones is 1. The number of benzene rings is 1. The smallest absolute Gasteiger partial charge is 0.295 e. The average Bonchev–Trinajstić information content (AvgIpc) is 3.62. The summed E-state index contributed by atoms with van der Waals surface area (Å²) in [6, 6.07) is 11.7. The van der Waals surface area contributed by atoms with Gasteiger partial charge in [0.25, 0.3) is 11.7 Å². The molecule has 36 heavy (non-hydrogen) atoms. The maximum Gasteiger partial charge on any atom is 0.295 e. The zero-order valence-corrected chi connectivity index (χ0v) is 19.5. The van der Waals surface area contributed by atoms with Crippen LogP contribution in [0.2, 0.25) is 0 Å². The fourth-order valence-corrected chi connectivity index (χ4v) is 4.37. The molecule has 0 bridgehead atoms. The Labute approximate surface area is 206 Å². The zero-order valence-electron chi connectivity index (χ0n) is 19.5. The summed E-state index contributed by atoms with van der Waals surface area (Å²) in [5.41, 5.74) is 2.44. The molecule has 1 fully saturated rings. The van der Waals surface area contributed by atoms with Gasteiger partial charge in [0.2, 0.25) is 0 Å². The highest BCUT2D eigenvalue weighted by Crippen LogP contribution is 2.32. The van der Waals surface area contributed by atoms with Crippen LogP contribution in [0.3, 0.4) is 0 Å². The van der Waals surface area contributed by atoms with Crippen molar-refractivity contribution >= 4 is 28.3 Å². The largest absolute Gasteiger partial charge is 0.494 e. The number of pyridine rings is 1. The number of hydrogen-bond acceptors (Lipinski definition) is 8. The lowest BCUT2D eigenvalue weighted by atomic mass is 10.1. The third-order valence-corrected chi connectivity index (χ3v) is 6.13. The van der Waals surface area contributed by atoms with Crippen LogP contribution >= 0.6 is 0 Å². The van der Waals surface area contributed by atoms with Gasteiger partial charge in [-0.15, -0.1) is 5.10 Å². The summed E-state index contributed by atoms with van der Waals surface area (Å²) in [5.74, 6) is -0.437. The number of fused-ring (bicyclic) bond motifs is 1. The molecule has 1 N–H and O–H groups in total. The second kappa shape index (κ2) is 9.71. The lowest BCUT2D eigenvalue weighted by Gasteiger charge is -2.37. The lowest BCUT2D eigenvalue weighted by molar-refractivity contribution is -0.127. The van der Waals surface area contributed by atoms with Gasteiger partial charge < -0.3 is 19.5 Å². The number of carbonyl (C=O) groups excluding carboxylic acids is 2. The Morgan fingerprint density at radius 1 is 1.14 bits per heavy atom. The molecule has 0 atom stereocenters. The number of aromatic amines is 1. The Hall–Kier alpha value is -4.98. The summed E-state index contributed by atoms with van der Waals surface area (Å²) in [6.45, 7) is 1.70. The molecule has 5 rings (SSSR count). The molecule has 1 aromatic carbocycles. The molecule has 0 aliphatic carbocycles. The number of methoxy groups -OCH3 is 1.